The Labute approximate surface area is 129 Å². The number of rotatable bonds is 6. The number of aromatic amines is 2. The number of nitrogens with one attached hydrogen (secondary N) is 2. The maximum atomic E-state index is 11.7. The molecule has 0 radical (unpaired) electrons. The van der Waals surface area contributed by atoms with E-state index in [-0.39, 0.29) is 11.7 Å². The largest absolute Gasteiger partial charge is 0.391 e. The average Bonchev–Trinajstić information content (AvgIpc) is 3.05. The SMILES string of the molecule is CCCCCC1CN(Cc2c[nH]c3c(=O)[nH]cnc23)CC1O. The highest BCUT2D eigenvalue weighted by Crippen LogP contribution is 2.25. The van der Waals surface area contributed by atoms with Crippen LogP contribution in [0, 0.1) is 5.92 Å². The summed E-state index contributed by atoms with van der Waals surface area (Å²) in [7, 11) is 0. The molecule has 1 saturated heterocycles. The molecule has 6 heteroatoms. The van der Waals surface area contributed by atoms with Crippen molar-refractivity contribution in [2.24, 2.45) is 5.92 Å². The summed E-state index contributed by atoms with van der Waals surface area (Å²) >= 11 is 0. The lowest BCUT2D eigenvalue weighted by molar-refractivity contribution is 0.136. The predicted molar refractivity (Wildman–Crippen MR) is 85.6 cm³/mol. The third kappa shape index (κ3) is 3.08. The van der Waals surface area contributed by atoms with Gasteiger partial charge in [0, 0.05) is 31.4 Å². The van der Waals surface area contributed by atoms with Crippen LogP contribution < -0.4 is 5.56 Å². The Kier molecular flexibility index (Phi) is 4.59. The van der Waals surface area contributed by atoms with Crippen molar-refractivity contribution in [1.82, 2.24) is 19.9 Å². The number of aromatic nitrogens is 3. The molecular weight excluding hydrogens is 280 g/mol. The summed E-state index contributed by atoms with van der Waals surface area (Å²) in [5.74, 6) is 0.369. The molecule has 2 unspecified atom stereocenters. The second-order valence-electron chi connectivity index (χ2n) is 6.29. The highest BCUT2D eigenvalue weighted by molar-refractivity contribution is 5.77. The van der Waals surface area contributed by atoms with Crippen molar-refractivity contribution in [2.75, 3.05) is 13.1 Å². The Morgan fingerprint density at radius 2 is 2.23 bits per heavy atom. The van der Waals surface area contributed by atoms with Crippen LogP contribution in [0.15, 0.2) is 17.3 Å². The van der Waals surface area contributed by atoms with Gasteiger partial charge in [-0.25, -0.2) is 4.98 Å². The monoisotopic (exact) mass is 304 g/mol. The molecule has 0 aromatic carbocycles. The molecule has 6 nitrogen and oxygen atoms in total. The second kappa shape index (κ2) is 6.62. The van der Waals surface area contributed by atoms with Gasteiger partial charge >= 0.3 is 0 Å². The third-order valence-corrected chi connectivity index (χ3v) is 4.60. The summed E-state index contributed by atoms with van der Waals surface area (Å²) in [6.45, 7) is 4.54. The molecule has 2 aromatic heterocycles. The molecular formula is C16H24N4O2. The van der Waals surface area contributed by atoms with E-state index in [0.29, 0.717) is 18.0 Å². The lowest BCUT2D eigenvalue weighted by Gasteiger charge is -2.14. The summed E-state index contributed by atoms with van der Waals surface area (Å²) in [6, 6.07) is 0. The van der Waals surface area contributed by atoms with Crippen LogP contribution in [0.4, 0.5) is 0 Å². The van der Waals surface area contributed by atoms with Crippen LogP contribution in [-0.2, 0) is 6.54 Å². The van der Waals surface area contributed by atoms with Crippen LogP contribution in [0.1, 0.15) is 38.2 Å². The fraction of sp³-hybridized carbons (Fsp3) is 0.625. The van der Waals surface area contributed by atoms with Gasteiger partial charge in [0.25, 0.3) is 5.56 Å². The maximum Gasteiger partial charge on any atom is 0.275 e. The van der Waals surface area contributed by atoms with Crippen molar-refractivity contribution in [3.8, 4) is 0 Å². The van der Waals surface area contributed by atoms with Crippen molar-refractivity contribution in [2.45, 2.75) is 45.3 Å². The molecule has 1 aliphatic heterocycles. The summed E-state index contributed by atoms with van der Waals surface area (Å²) in [5.41, 5.74) is 2.13. The van der Waals surface area contributed by atoms with E-state index < -0.39 is 0 Å². The van der Waals surface area contributed by atoms with Crippen LogP contribution >= 0.6 is 0 Å². The first-order valence-electron chi connectivity index (χ1n) is 8.13. The molecule has 0 bridgehead atoms. The summed E-state index contributed by atoms with van der Waals surface area (Å²) in [5, 5.41) is 10.2. The van der Waals surface area contributed by atoms with Crippen molar-refractivity contribution >= 4 is 11.0 Å². The summed E-state index contributed by atoms with van der Waals surface area (Å²) < 4.78 is 0. The van der Waals surface area contributed by atoms with Gasteiger partial charge in [-0.3, -0.25) is 9.69 Å². The lowest BCUT2D eigenvalue weighted by atomic mass is 9.98. The number of β-amino-alcohol motifs (C(OH)–C–C–N with tert-alkyl or cyclic N) is 1. The third-order valence-electron chi connectivity index (χ3n) is 4.60. The normalized spacial score (nSPS) is 22.6. The Morgan fingerprint density at radius 3 is 3.05 bits per heavy atom. The number of likely N-dealkylation sites (tertiary alicyclic amines) is 1. The van der Waals surface area contributed by atoms with Gasteiger partial charge in [-0.1, -0.05) is 26.2 Å². The van der Waals surface area contributed by atoms with Gasteiger partial charge in [0.15, 0.2) is 0 Å². The van der Waals surface area contributed by atoms with Crippen LogP contribution in [-0.4, -0.2) is 44.2 Å². The van der Waals surface area contributed by atoms with E-state index in [1.807, 2.05) is 6.20 Å². The Balaban J connectivity index is 1.66. The zero-order valence-electron chi connectivity index (χ0n) is 13.0. The Bertz CT molecular complexity index is 678. The van der Waals surface area contributed by atoms with Crippen molar-refractivity contribution in [3.05, 3.63) is 28.4 Å². The molecule has 1 fully saturated rings. The number of fused-ring (bicyclic) bond motifs is 1. The molecule has 3 rings (SSSR count). The van der Waals surface area contributed by atoms with Gasteiger partial charge in [-0.15, -0.1) is 0 Å². The van der Waals surface area contributed by atoms with Crippen LogP contribution in [0.5, 0.6) is 0 Å². The van der Waals surface area contributed by atoms with Crippen LogP contribution in [0.3, 0.4) is 0 Å². The standard InChI is InChI=1S/C16H24N4O2/c1-2-3-4-5-11-7-20(9-13(11)21)8-12-6-17-15-14(12)18-10-19-16(15)22/h6,10-11,13,17,21H,2-5,7-9H2,1H3,(H,18,19,22). The van der Waals surface area contributed by atoms with E-state index in [9.17, 15) is 9.90 Å². The number of aliphatic hydroxyl groups excluding tert-OH is 1. The fourth-order valence-electron chi connectivity index (χ4n) is 3.38. The molecule has 0 aliphatic carbocycles. The van der Waals surface area contributed by atoms with Crippen molar-refractivity contribution in [1.29, 1.82) is 0 Å². The predicted octanol–water partition coefficient (Wildman–Crippen LogP) is 1.62. The van der Waals surface area contributed by atoms with Crippen LogP contribution in [0.2, 0.25) is 0 Å². The first-order chi connectivity index (χ1) is 10.7. The average molecular weight is 304 g/mol. The van der Waals surface area contributed by atoms with Gasteiger partial charge in [0.1, 0.15) is 5.52 Å². The molecule has 22 heavy (non-hydrogen) atoms. The molecule has 3 N–H and O–H groups in total. The number of unbranched alkanes of at least 4 members (excludes halogenated alkanes) is 2. The molecule has 1 aliphatic rings. The van der Waals surface area contributed by atoms with Gasteiger partial charge in [0.2, 0.25) is 0 Å². The number of hydrogen-bond donors (Lipinski definition) is 3. The van der Waals surface area contributed by atoms with E-state index in [1.165, 1.54) is 25.6 Å². The number of H-pyrrole nitrogens is 2. The quantitative estimate of drug-likeness (QED) is 0.708. The molecule has 0 amide bonds. The fourth-order valence-corrected chi connectivity index (χ4v) is 3.38. The molecule has 0 spiro atoms. The summed E-state index contributed by atoms with van der Waals surface area (Å²) in [6.07, 6.45) is 7.78. The highest BCUT2D eigenvalue weighted by atomic mass is 16.3. The zero-order chi connectivity index (χ0) is 15.5. The van der Waals surface area contributed by atoms with Crippen molar-refractivity contribution < 1.29 is 5.11 Å². The van der Waals surface area contributed by atoms with E-state index in [4.69, 9.17) is 0 Å². The molecule has 0 saturated carbocycles. The minimum absolute atomic E-state index is 0.143. The lowest BCUT2D eigenvalue weighted by Crippen LogP contribution is -2.21. The Hall–Kier alpha value is -1.66. The van der Waals surface area contributed by atoms with Crippen LogP contribution in [0.25, 0.3) is 11.0 Å². The van der Waals surface area contributed by atoms with Crippen molar-refractivity contribution in [3.63, 3.8) is 0 Å². The first-order valence-corrected chi connectivity index (χ1v) is 8.13. The van der Waals surface area contributed by atoms with E-state index >= 15 is 0 Å². The minimum atomic E-state index is -0.238. The Morgan fingerprint density at radius 1 is 1.36 bits per heavy atom. The van der Waals surface area contributed by atoms with E-state index in [1.54, 1.807) is 0 Å². The first kappa shape index (κ1) is 15.2. The maximum absolute atomic E-state index is 11.7. The number of nitrogens with zero attached hydrogens (tertiary/aromatic N) is 2. The van der Waals surface area contributed by atoms with Gasteiger partial charge in [0.05, 0.1) is 17.9 Å². The molecule has 3 heterocycles. The van der Waals surface area contributed by atoms with E-state index in [0.717, 1.165) is 30.6 Å². The van der Waals surface area contributed by atoms with Gasteiger partial charge in [-0.05, 0) is 12.3 Å². The smallest absolute Gasteiger partial charge is 0.275 e. The van der Waals surface area contributed by atoms with E-state index in [2.05, 4.69) is 26.8 Å². The van der Waals surface area contributed by atoms with Gasteiger partial charge < -0.3 is 15.1 Å². The number of hydrogen-bond acceptors (Lipinski definition) is 4. The highest BCUT2D eigenvalue weighted by Gasteiger charge is 2.31. The second-order valence-corrected chi connectivity index (χ2v) is 6.29. The number of aliphatic hydroxyl groups is 1. The summed E-state index contributed by atoms with van der Waals surface area (Å²) in [4.78, 5) is 23.8. The molecule has 120 valence electrons. The molecule has 2 aromatic rings. The molecule has 2 atom stereocenters. The zero-order valence-corrected chi connectivity index (χ0v) is 13.0. The van der Waals surface area contributed by atoms with Gasteiger partial charge in [-0.2, -0.15) is 0 Å². The topological polar surface area (TPSA) is 85.0 Å². The minimum Gasteiger partial charge on any atom is -0.391 e.